The molecule has 2 aliphatic heterocycles. The number of benzene rings is 3. The van der Waals surface area contributed by atoms with Gasteiger partial charge in [0.1, 0.15) is 17.0 Å². The first-order valence-electron chi connectivity index (χ1n) is 12.4. The molecule has 0 spiro atoms. The van der Waals surface area contributed by atoms with Crippen molar-refractivity contribution in [1.82, 2.24) is 0 Å². The smallest absolute Gasteiger partial charge is 0.262 e. The van der Waals surface area contributed by atoms with Crippen LogP contribution in [-0.2, 0) is 19.2 Å². The van der Waals surface area contributed by atoms with Crippen LogP contribution in [0.3, 0.4) is 0 Å². The fraction of sp³-hybridized carbons (Fsp3) is 0.241. The minimum Gasteiger partial charge on any atom is -0.274 e. The third kappa shape index (κ3) is 3.86. The highest BCUT2D eigenvalue weighted by Gasteiger charge is 2.67. The number of carbonyl (C=O) groups excluding carboxylic acids is 4. The van der Waals surface area contributed by atoms with Crippen molar-refractivity contribution in [3.8, 4) is 0 Å². The van der Waals surface area contributed by atoms with Gasteiger partial charge >= 0.3 is 0 Å². The summed E-state index contributed by atoms with van der Waals surface area (Å²) in [4.78, 5) is 56.2. The Bertz CT molecular complexity index is 1360. The molecule has 1 atom stereocenters. The van der Waals surface area contributed by atoms with Gasteiger partial charge in [0.2, 0.25) is 11.8 Å². The molecule has 9 heteroatoms. The van der Waals surface area contributed by atoms with E-state index in [2.05, 4.69) is 0 Å². The summed E-state index contributed by atoms with van der Waals surface area (Å²) in [5.74, 6) is -6.16. The first-order valence-corrected chi connectivity index (χ1v) is 12.4. The Morgan fingerprint density at radius 1 is 0.816 bits per heavy atom. The van der Waals surface area contributed by atoms with E-state index in [1.807, 2.05) is 6.92 Å². The first-order chi connectivity index (χ1) is 18.3. The normalized spacial score (nSPS) is 19.1. The molecule has 2 aliphatic rings. The molecule has 0 radical (unpaired) electrons. The molecule has 0 N–H and O–H groups in total. The third-order valence-electron chi connectivity index (χ3n) is 7.16. The lowest BCUT2D eigenvalue weighted by Gasteiger charge is -2.29. The highest BCUT2D eigenvalue weighted by Crippen LogP contribution is 2.50. The van der Waals surface area contributed by atoms with Gasteiger partial charge in [-0.15, -0.1) is 0 Å². The van der Waals surface area contributed by atoms with Crippen molar-refractivity contribution < 1.29 is 28.0 Å². The van der Waals surface area contributed by atoms with Gasteiger partial charge in [-0.05, 0) is 42.8 Å². The lowest BCUT2D eigenvalue weighted by atomic mass is 9.70. The number of nitrogens with zero attached hydrogens (tertiary/aromatic N) is 3. The largest absolute Gasteiger partial charge is 0.274 e. The lowest BCUT2D eigenvalue weighted by molar-refractivity contribution is -0.144. The van der Waals surface area contributed by atoms with E-state index in [0.717, 1.165) is 18.2 Å². The van der Waals surface area contributed by atoms with Crippen LogP contribution in [0.1, 0.15) is 32.6 Å². The Morgan fingerprint density at radius 3 is 1.89 bits per heavy atom. The van der Waals surface area contributed by atoms with Crippen molar-refractivity contribution >= 4 is 40.7 Å². The number of amides is 4. The number of rotatable bonds is 7. The molecular formula is C29H25F2N3O4. The first kappa shape index (κ1) is 25.3. The number of para-hydroxylation sites is 2. The van der Waals surface area contributed by atoms with Gasteiger partial charge in [-0.1, -0.05) is 56.2 Å². The Labute approximate surface area is 218 Å². The second-order valence-corrected chi connectivity index (χ2v) is 9.40. The summed E-state index contributed by atoms with van der Waals surface area (Å²) in [5.41, 5.74) is -1.62. The summed E-state index contributed by atoms with van der Waals surface area (Å²) >= 11 is 0. The summed E-state index contributed by atoms with van der Waals surface area (Å²) in [6.45, 7) is 1.89. The summed E-state index contributed by atoms with van der Waals surface area (Å²) in [6, 6.07) is 19.6. The number of carbonyl (C=O) groups is 4. The van der Waals surface area contributed by atoms with Gasteiger partial charge in [-0.25, -0.2) is 23.7 Å². The SMILES string of the molecule is CCCCC1(C2CC(=O)N(c3cc(F)ccc3F)C2=O)C(=O)N(c2ccccc2)N(c2ccccc2)C1=O. The number of hydrogen-bond acceptors (Lipinski definition) is 4. The molecule has 2 saturated heterocycles. The van der Waals surface area contributed by atoms with E-state index >= 15 is 0 Å². The fourth-order valence-corrected chi connectivity index (χ4v) is 5.32. The molecule has 0 aliphatic carbocycles. The van der Waals surface area contributed by atoms with Crippen LogP contribution in [0, 0.1) is 23.0 Å². The van der Waals surface area contributed by atoms with Gasteiger partial charge in [0.05, 0.1) is 23.0 Å². The summed E-state index contributed by atoms with van der Waals surface area (Å²) in [5, 5.41) is 2.49. The molecule has 4 amide bonds. The van der Waals surface area contributed by atoms with Gasteiger partial charge in [0.25, 0.3) is 11.8 Å². The minimum atomic E-state index is -1.91. The van der Waals surface area contributed by atoms with Gasteiger partial charge in [0, 0.05) is 12.5 Å². The number of imide groups is 1. The summed E-state index contributed by atoms with van der Waals surface area (Å²) in [6.07, 6.45) is 0.573. The predicted octanol–water partition coefficient (Wildman–Crippen LogP) is 5.02. The van der Waals surface area contributed by atoms with E-state index in [9.17, 15) is 28.0 Å². The highest BCUT2D eigenvalue weighted by atomic mass is 19.1. The van der Waals surface area contributed by atoms with Crippen molar-refractivity contribution in [2.75, 3.05) is 14.9 Å². The van der Waals surface area contributed by atoms with Gasteiger partial charge < -0.3 is 0 Å². The van der Waals surface area contributed by atoms with Crippen molar-refractivity contribution in [2.24, 2.45) is 11.3 Å². The molecule has 3 aromatic rings. The lowest BCUT2D eigenvalue weighted by Crippen LogP contribution is -2.47. The highest BCUT2D eigenvalue weighted by molar-refractivity contribution is 6.31. The standard InChI is InChI=1S/C29H25F2N3O4/c1-2-3-16-29(22-18-25(35)32(26(22)36)24-17-19(30)14-15-23(24)31)27(37)33(20-10-6-4-7-11-20)34(28(29)38)21-12-8-5-9-13-21/h4-15,17,22H,2-3,16,18H2,1H3. The third-order valence-corrected chi connectivity index (χ3v) is 7.16. The topological polar surface area (TPSA) is 78.0 Å². The van der Waals surface area contributed by atoms with Crippen LogP contribution in [0.2, 0.25) is 0 Å². The average molecular weight is 518 g/mol. The molecule has 194 valence electrons. The zero-order valence-corrected chi connectivity index (χ0v) is 20.6. The molecule has 3 aromatic carbocycles. The Balaban J connectivity index is 1.66. The van der Waals surface area contributed by atoms with Crippen LogP contribution in [0.15, 0.2) is 78.9 Å². The zero-order chi connectivity index (χ0) is 27.0. The number of hydrogen-bond donors (Lipinski definition) is 0. The monoisotopic (exact) mass is 517 g/mol. The molecule has 0 saturated carbocycles. The molecule has 2 fully saturated rings. The average Bonchev–Trinajstić information content (AvgIpc) is 3.34. The number of anilines is 3. The van der Waals surface area contributed by atoms with E-state index < -0.39 is 58.7 Å². The quantitative estimate of drug-likeness (QED) is 0.326. The predicted molar refractivity (Wildman–Crippen MR) is 137 cm³/mol. The number of unbranched alkanes of at least 4 members (excludes halogenated alkanes) is 1. The van der Waals surface area contributed by atoms with E-state index in [1.165, 1.54) is 10.0 Å². The molecule has 7 nitrogen and oxygen atoms in total. The minimum absolute atomic E-state index is 0.0109. The summed E-state index contributed by atoms with van der Waals surface area (Å²) < 4.78 is 28.6. The molecule has 5 rings (SSSR count). The fourth-order valence-electron chi connectivity index (χ4n) is 5.32. The number of hydrazine groups is 1. The Kier molecular flexibility index (Phi) is 6.52. The number of halogens is 2. The van der Waals surface area contributed by atoms with E-state index in [-0.39, 0.29) is 6.42 Å². The molecule has 1 unspecified atom stereocenters. The van der Waals surface area contributed by atoms with Crippen molar-refractivity contribution in [3.63, 3.8) is 0 Å². The van der Waals surface area contributed by atoms with Gasteiger partial charge in [0.15, 0.2) is 0 Å². The molecule has 38 heavy (non-hydrogen) atoms. The summed E-state index contributed by atoms with van der Waals surface area (Å²) in [7, 11) is 0. The maximum atomic E-state index is 14.6. The van der Waals surface area contributed by atoms with E-state index in [4.69, 9.17) is 0 Å². The van der Waals surface area contributed by atoms with Crippen LogP contribution in [0.4, 0.5) is 25.8 Å². The van der Waals surface area contributed by atoms with Gasteiger partial charge in [-0.2, -0.15) is 0 Å². The van der Waals surface area contributed by atoms with Crippen molar-refractivity contribution in [3.05, 3.63) is 90.5 Å². The second-order valence-electron chi connectivity index (χ2n) is 9.40. The Hall–Kier alpha value is -4.40. The van der Waals surface area contributed by atoms with Crippen LogP contribution in [-0.4, -0.2) is 23.6 Å². The molecule has 0 aromatic heterocycles. The maximum Gasteiger partial charge on any atom is 0.262 e. The van der Waals surface area contributed by atoms with Crippen LogP contribution in [0.5, 0.6) is 0 Å². The van der Waals surface area contributed by atoms with Crippen molar-refractivity contribution in [2.45, 2.75) is 32.6 Å². The van der Waals surface area contributed by atoms with E-state index in [0.29, 0.717) is 29.1 Å². The van der Waals surface area contributed by atoms with E-state index in [1.54, 1.807) is 60.7 Å². The van der Waals surface area contributed by atoms with Crippen LogP contribution in [0.25, 0.3) is 0 Å². The molecule has 2 heterocycles. The van der Waals surface area contributed by atoms with Crippen LogP contribution >= 0.6 is 0 Å². The van der Waals surface area contributed by atoms with Crippen molar-refractivity contribution in [1.29, 1.82) is 0 Å². The second kappa shape index (κ2) is 9.81. The van der Waals surface area contributed by atoms with Crippen LogP contribution < -0.4 is 14.9 Å². The Morgan fingerprint density at radius 2 is 1.37 bits per heavy atom. The zero-order valence-electron chi connectivity index (χ0n) is 20.6. The molecular weight excluding hydrogens is 492 g/mol. The maximum absolute atomic E-state index is 14.6. The molecule has 0 bridgehead atoms. The van der Waals surface area contributed by atoms with Gasteiger partial charge in [-0.3, -0.25) is 19.2 Å².